The first-order chi connectivity index (χ1) is 10.3. The van der Waals surface area contributed by atoms with Gasteiger partial charge in [-0.05, 0) is 50.4 Å². The maximum atomic E-state index is 5.28. The minimum absolute atomic E-state index is 0.576. The van der Waals surface area contributed by atoms with Crippen LogP contribution in [0.2, 0.25) is 0 Å². The third-order valence-corrected chi connectivity index (χ3v) is 5.69. The number of methoxy groups -OCH3 is 1. The summed E-state index contributed by atoms with van der Waals surface area (Å²) in [5.74, 6) is 0.900. The van der Waals surface area contributed by atoms with Crippen LogP contribution >= 0.6 is 11.3 Å². The van der Waals surface area contributed by atoms with Gasteiger partial charge >= 0.3 is 0 Å². The number of piperidine rings is 1. The molecule has 2 aliphatic rings. The van der Waals surface area contributed by atoms with Gasteiger partial charge in [-0.3, -0.25) is 0 Å². The number of nitrogens with one attached hydrogen (secondary N) is 1. The molecular weight excluding hydrogens is 282 g/mol. The second kappa shape index (κ2) is 5.46. The molecule has 2 aromatic rings. The molecule has 2 aliphatic heterocycles. The van der Waals surface area contributed by atoms with Crippen LogP contribution in [-0.2, 0) is 0 Å². The highest BCUT2D eigenvalue weighted by atomic mass is 32.1. The van der Waals surface area contributed by atoms with Crippen molar-refractivity contribution in [3.8, 4) is 5.75 Å². The summed E-state index contributed by atoms with van der Waals surface area (Å²) in [6.07, 6.45) is 5.24. The minimum Gasteiger partial charge on any atom is -0.497 e. The summed E-state index contributed by atoms with van der Waals surface area (Å²) in [5, 5.41) is 4.71. The highest BCUT2D eigenvalue weighted by molar-refractivity contribution is 7.22. The fraction of sp³-hybridized carbons (Fsp3) is 0.562. The number of hydrogen-bond acceptors (Lipinski definition) is 5. The number of fused-ring (bicyclic) bond motifs is 2. The van der Waals surface area contributed by atoms with E-state index in [4.69, 9.17) is 9.72 Å². The highest BCUT2D eigenvalue weighted by Gasteiger charge is 2.31. The number of aromatic nitrogens is 1. The molecule has 0 aliphatic carbocycles. The molecule has 1 N–H and O–H groups in total. The molecule has 1 aromatic carbocycles. The van der Waals surface area contributed by atoms with Crippen molar-refractivity contribution >= 4 is 26.7 Å². The van der Waals surface area contributed by atoms with Crippen LogP contribution in [0.25, 0.3) is 10.2 Å². The lowest BCUT2D eigenvalue weighted by atomic mass is 9.98. The van der Waals surface area contributed by atoms with Crippen molar-refractivity contribution in [3.63, 3.8) is 0 Å². The molecule has 0 spiro atoms. The molecule has 0 saturated carbocycles. The summed E-state index contributed by atoms with van der Waals surface area (Å²) in [7, 11) is 1.71. The number of ether oxygens (including phenoxy) is 1. The fourth-order valence-electron chi connectivity index (χ4n) is 3.62. The molecule has 21 heavy (non-hydrogen) atoms. The summed E-state index contributed by atoms with van der Waals surface area (Å²) in [6.45, 7) is 2.54. The van der Waals surface area contributed by atoms with E-state index in [-0.39, 0.29) is 0 Å². The van der Waals surface area contributed by atoms with Gasteiger partial charge in [0.1, 0.15) is 5.75 Å². The normalized spacial score (nSPS) is 26.0. The first-order valence-electron chi connectivity index (χ1n) is 7.77. The van der Waals surface area contributed by atoms with Gasteiger partial charge < -0.3 is 15.0 Å². The highest BCUT2D eigenvalue weighted by Crippen LogP contribution is 2.32. The molecule has 4 nitrogen and oxygen atoms in total. The van der Waals surface area contributed by atoms with Crippen LogP contribution in [0.4, 0.5) is 5.13 Å². The first-order valence-corrected chi connectivity index (χ1v) is 8.58. The Balaban J connectivity index is 1.49. The largest absolute Gasteiger partial charge is 0.497 e. The van der Waals surface area contributed by atoms with Crippen molar-refractivity contribution in [2.45, 2.75) is 37.8 Å². The van der Waals surface area contributed by atoms with E-state index in [2.05, 4.69) is 16.3 Å². The molecule has 0 radical (unpaired) electrons. The molecule has 0 bridgehead atoms. The van der Waals surface area contributed by atoms with Gasteiger partial charge in [0.2, 0.25) is 0 Å². The molecule has 4 rings (SSSR count). The van der Waals surface area contributed by atoms with Gasteiger partial charge in [-0.15, -0.1) is 0 Å². The summed E-state index contributed by atoms with van der Waals surface area (Å²) >= 11 is 1.73. The Bertz CT molecular complexity index is 641. The maximum Gasteiger partial charge on any atom is 0.184 e. The van der Waals surface area contributed by atoms with E-state index in [1.807, 2.05) is 12.1 Å². The smallest absolute Gasteiger partial charge is 0.184 e. The van der Waals surface area contributed by atoms with E-state index < -0.39 is 0 Å². The van der Waals surface area contributed by atoms with Crippen molar-refractivity contribution in [1.29, 1.82) is 0 Å². The van der Waals surface area contributed by atoms with Gasteiger partial charge in [0.15, 0.2) is 5.13 Å². The number of anilines is 1. The monoisotopic (exact) mass is 303 g/mol. The minimum atomic E-state index is 0.576. The van der Waals surface area contributed by atoms with Gasteiger partial charge in [-0.1, -0.05) is 11.3 Å². The Labute approximate surface area is 129 Å². The zero-order chi connectivity index (χ0) is 14.2. The van der Waals surface area contributed by atoms with Gasteiger partial charge in [0.25, 0.3) is 0 Å². The Morgan fingerprint density at radius 2 is 2.29 bits per heavy atom. The molecule has 2 atom stereocenters. The van der Waals surface area contributed by atoms with Crippen molar-refractivity contribution < 1.29 is 4.74 Å². The second-order valence-corrected chi connectivity index (χ2v) is 7.08. The van der Waals surface area contributed by atoms with Crippen molar-refractivity contribution in [2.24, 2.45) is 0 Å². The van der Waals surface area contributed by atoms with Crippen molar-refractivity contribution in [2.75, 3.05) is 25.5 Å². The van der Waals surface area contributed by atoms with Crippen LogP contribution in [0.15, 0.2) is 18.2 Å². The summed E-state index contributed by atoms with van der Waals surface area (Å²) in [4.78, 5) is 7.36. The average molecular weight is 303 g/mol. The number of rotatable bonds is 3. The number of hydrogen-bond donors (Lipinski definition) is 1. The van der Waals surface area contributed by atoms with Crippen LogP contribution < -0.4 is 10.1 Å². The lowest BCUT2D eigenvalue weighted by Gasteiger charge is -2.35. The van der Waals surface area contributed by atoms with Crippen LogP contribution in [0.5, 0.6) is 5.75 Å². The van der Waals surface area contributed by atoms with Crippen LogP contribution in [0.3, 0.4) is 0 Å². The molecular formula is C16H21N3OS. The molecule has 2 saturated heterocycles. The Hall–Kier alpha value is -1.33. The fourth-order valence-corrected chi connectivity index (χ4v) is 4.59. The number of benzene rings is 1. The zero-order valence-corrected chi connectivity index (χ0v) is 13.2. The predicted octanol–water partition coefficient (Wildman–Crippen LogP) is 3.34. The van der Waals surface area contributed by atoms with Crippen LogP contribution in [0.1, 0.15) is 25.7 Å². The molecule has 0 amide bonds. The van der Waals surface area contributed by atoms with E-state index in [9.17, 15) is 0 Å². The molecule has 2 unspecified atom stereocenters. The molecule has 3 heterocycles. The average Bonchev–Trinajstić information content (AvgIpc) is 3.11. The van der Waals surface area contributed by atoms with Gasteiger partial charge in [0, 0.05) is 18.6 Å². The topological polar surface area (TPSA) is 37.4 Å². The second-order valence-electron chi connectivity index (χ2n) is 6.05. The van der Waals surface area contributed by atoms with Crippen molar-refractivity contribution in [1.82, 2.24) is 9.88 Å². The Morgan fingerprint density at radius 3 is 3.19 bits per heavy atom. The summed E-state index contributed by atoms with van der Waals surface area (Å²) in [5.41, 5.74) is 1.06. The summed E-state index contributed by atoms with van der Waals surface area (Å²) in [6, 6.07) is 7.45. The zero-order valence-electron chi connectivity index (χ0n) is 12.3. The standard InChI is InChI=1S/C16H21N3OS/c1-20-13-4-5-14-15(10-13)21-16(18-14)17-11-6-8-19-7-2-3-12(19)9-11/h4-5,10-12H,2-3,6-9H2,1H3,(H,17,18). The van der Waals surface area contributed by atoms with Gasteiger partial charge in [-0.25, -0.2) is 4.98 Å². The third kappa shape index (κ3) is 2.60. The van der Waals surface area contributed by atoms with E-state index in [1.54, 1.807) is 18.4 Å². The molecule has 2 fully saturated rings. The van der Waals surface area contributed by atoms with Crippen molar-refractivity contribution in [3.05, 3.63) is 18.2 Å². The van der Waals surface area contributed by atoms with Gasteiger partial charge in [0.05, 0.1) is 17.3 Å². The lowest BCUT2D eigenvalue weighted by Crippen LogP contribution is -2.42. The Morgan fingerprint density at radius 1 is 1.33 bits per heavy atom. The summed E-state index contributed by atoms with van der Waals surface area (Å²) < 4.78 is 6.47. The predicted molar refractivity (Wildman–Crippen MR) is 87.4 cm³/mol. The Kier molecular flexibility index (Phi) is 3.47. The molecule has 1 aromatic heterocycles. The van der Waals surface area contributed by atoms with Crippen LogP contribution in [0, 0.1) is 0 Å². The number of nitrogens with zero attached hydrogens (tertiary/aromatic N) is 2. The quantitative estimate of drug-likeness (QED) is 0.943. The van der Waals surface area contributed by atoms with Gasteiger partial charge in [-0.2, -0.15) is 0 Å². The van der Waals surface area contributed by atoms with E-state index >= 15 is 0 Å². The van der Waals surface area contributed by atoms with E-state index in [0.29, 0.717) is 6.04 Å². The number of thiazole rings is 1. The SMILES string of the molecule is COc1ccc2nc(NC3CCN4CCCC4C3)sc2c1. The van der Waals surface area contributed by atoms with E-state index in [0.717, 1.165) is 22.4 Å². The third-order valence-electron chi connectivity index (χ3n) is 4.74. The molecule has 5 heteroatoms. The lowest BCUT2D eigenvalue weighted by molar-refractivity contribution is 0.188. The first kappa shape index (κ1) is 13.3. The van der Waals surface area contributed by atoms with E-state index in [1.165, 1.54) is 43.5 Å². The molecule has 112 valence electrons. The van der Waals surface area contributed by atoms with Crippen LogP contribution in [-0.4, -0.2) is 42.2 Å². The maximum absolute atomic E-state index is 5.28.